The van der Waals surface area contributed by atoms with Gasteiger partial charge in [0.05, 0.1) is 5.71 Å². The molecule has 0 aromatic rings. The van der Waals surface area contributed by atoms with Gasteiger partial charge in [0.15, 0.2) is 5.71 Å². The van der Waals surface area contributed by atoms with Crippen molar-refractivity contribution in [1.82, 2.24) is 0 Å². The standard InChI is InChI=1S/C6H9N3/c1-4(2)6(9)5(8)3-7/h4,8-9H,1-2H3. The molecule has 0 aliphatic heterocycles. The summed E-state index contributed by atoms with van der Waals surface area (Å²) >= 11 is 0. The molecule has 0 aliphatic carbocycles. The maximum Gasteiger partial charge on any atom is 0.153 e. The van der Waals surface area contributed by atoms with Gasteiger partial charge in [-0.05, 0) is 5.92 Å². The first kappa shape index (κ1) is 7.83. The predicted octanol–water partition coefficient (Wildman–Crippen LogP) is 1.21. The van der Waals surface area contributed by atoms with Crippen molar-refractivity contribution in [3.63, 3.8) is 0 Å². The van der Waals surface area contributed by atoms with Crippen LogP contribution in [0.15, 0.2) is 0 Å². The number of hydrogen-bond acceptors (Lipinski definition) is 3. The summed E-state index contributed by atoms with van der Waals surface area (Å²) in [6.45, 7) is 3.57. The second kappa shape index (κ2) is 2.98. The van der Waals surface area contributed by atoms with Gasteiger partial charge in [-0.1, -0.05) is 13.8 Å². The number of nitriles is 1. The van der Waals surface area contributed by atoms with Crippen molar-refractivity contribution >= 4 is 11.4 Å². The lowest BCUT2D eigenvalue weighted by atomic mass is 10.1. The Morgan fingerprint density at radius 1 is 1.44 bits per heavy atom. The zero-order chi connectivity index (χ0) is 7.44. The zero-order valence-electron chi connectivity index (χ0n) is 5.52. The SMILES string of the molecule is CC(C)C(=N)C(=N)C#N. The van der Waals surface area contributed by atoms with Gasteiger partial charge < -0.3 is 5.41 Å². The first-order chi connectivity index (χ1) is 4.09. The van der Waals surface area contributed by atoms with Crippen LogP contribution in [-0.4, -0.2) is 11.4 Å². The highest BCUT2D eigenvalue weighted by Gasteiger charge is 2.06. The highest BCUT2D eigenvalue weighted by Crippen LogP contribution is 1.94. The smallest absolute Gasteiger partial charge is 0.153 e. The normalized spacial score (nSPS) is 8.67. The summed E-state index contributed by atoms with van der Waals surface area (Å²) in [5, 5.41) is 22.1. The molecule has 48 valence electrons. The molecule has 0 aromatic heterocycles. The molecule has 0 unspecified atom stereocenters. The van der Waals surface area contributed by atoms with E-state index in [1.165, 1.54) is 0 Å². The number of hydrogen-bond donors (Lipinski definition) is 2. The Labute approximate surface area is 54.3 Å². The molecule has 0 saturated heterocycles. The summed E-state index contributed by atoms with van der Waals surface area (Å²) in [5.41, 5.74) is -0.123. The monoisotopic (exact) mass is 123 g/mol. The zero-order valence-corrected chi connectivity index (χ0v) is 5.52. The highest BCUT2D eigenvalue weighted by atomic mass is 14.5. The number of nitrogens with zero attached hydrogens (tertiary/aromatic N) is 1. The maximum atomic E-state index is 8.14. The topological polar surface area (TPSA) is 71.5 Å². The van der Waals surface area contributed by atoms with Crippen molar-refractivity contribution < 1.29 is 0 Å². The molecule has 0 aliphatic rings. The van der Waals surface area contributed by atoms with Gasteiger partial charge in [-0.3, -0.25) is 5.41 Å². The molecule has 0 saturated carbocycles. The first-order valence-electron chi connectivity index (χ1n) is 2.67. The fourth-order valence-electron chi connectivity index (χ4n) is 0.349. The Hall–Kier alpha value is -1.17. The second-order valence-corrected chi connectivity index (χ2v) is 2.06. The summed E-state index contributed by atoms with van der Waals surface area (Å²) in [6.07, 6.45) is 0. The lowest BCUT2D eigenvalue weighted by Gasteiger charge is -2.00. The van der Waals surface area contributed by atoms with Crippen LogP contribution in [0.25, 0.3) is 0 Å². The van der Waals surface area contributed by atoms with E-state index in [0.717, 1.165) is 0 Å². The molecule has 3 heteroatoms. The van der Waals surface area contributed by atoms with Gasteiger partial charge in [-0.2, -0.15) is 5.26 Å². The molecule has 0 radical (unpaired) electrons. The van der Waals surface area contributed by atoms with Crippen LogP contribution < -0.4 is 0 Å². The van der Waals surface area contributed by atoms with Gasteiger partial charge >= 0.3 is 0 Å². The van der Waals surface area contributed by atoms with Crippen molar-refractivity contribution in [3.8, 4) is 6.07 Å². The largest absolute Gasteiger partial charge is 0.302 e. The van der Waals surface area contributed by atoms with E-state index in [0.29, 0.717) is 0 Å². The van der Waals surface area contributed by atoms with Crippen LogP contribution in [0.4, 0.5) is 0 Å². The van der Waals surface area contributed by atoms with E-state index in [1.54, 1.807) is 19.9 Å². The fraction of sp³-hybridized carbons (Fsp3) is 0.500. The van der Waals surface area contributed by atoms with Crippen molar-refractivity contribution in [2.45, 2.75) is 13.8 Å². The quantitative estimate of drug-likeness (QED) is 0.532. The molecule has 0 bridgehead atoms. The van der Waals surface area contributed by atoms with Crippen molar-refractivity contribution in [2.24, 2.45) is 5.92 Å². The molecule has 9 heavy (non-hydrogen) atoms. The Kier molecular flexibility index (Phi) is 2.59. The molecule has 2 N–H and O–H groups in total. The van der Waals surface area contributed by atoms with E-state index >= 15 is 0 Å². The summed E-state index contributed by atoms with van der Waals surface area (Å²) in [4.78, 5) is 0. The average molecular weight is 123 g/mol. The minimum Gasteiger partial charge on any atom is -0.302 e. The lowest BCUT2D eigenvalue weighted by Crippen LogP contribution is -2.15. The third-order valence-electron chi connectivity index (χ3n) is 0.958. The summed E-state index contributed by atoms with van der Waals surface area (Å²) in [5.74, 6) is -0.0165. The molecule has 3 nitrogen and oxygen atoms in total. The third kappa shape index (κ3) is 2.04. The molecule has 0 rings (SSSR count). The Bertz CT molecular complexity index is 173. The van der Waals surface area contributed by atoms with Crippen LogP contribution in [0.1, 0.15) is 13.8 Å². The van der Waals surface area contributed by atoms with E-state index in [1.807, 2.05) is 0 Å². The Balaban J connectivity index is 4.10. The minimum absolute atomic E-state index is 0.0165. The van der Waals surface area contributed by atoms with Crippen LogP contribution in [0, 0.1) is 28.1 Å². The van der Waals surface area contributed by atoms with Crippen LogP contribution >= 0.6 is 0 Å². The van der Waals surface area contributed by atoms with Crippen molar-refractivity contribution in [2.75, 3.05) is 0 Å². The van der Waals surface area contributed by atoms with Crippen LogP contribution in [0.5, 0.6) is 0 Å². The summed E-state index contributed by atoms with van der Waals surface area (Å²) in [7, 11) is 0. The summed E-state index contributed by atoms with van der Waals surface area (Å²) in [6, 6.07) is 1.60. The molecule has 0 amide bonds. The highest BCUT2D eigenvalue weighted by molar-refractivity contribution is 6.46. The second-order valence-electron chi connectivity index (χ2n) is 2.06. The molecule has 0 heterocycles. The Morgan fingerprint density at radius 3 is 2.00 bits per heavy atom. The molecule has 0 spiro atoms. The number of rotatable bonds is 2. The molecular formula is C6H9N3. The lowest BCUT2D eigenvalue weighted by molar-refractivity contribution is 0.887. The third-order valence-corrected chi connectivity index (χ3v) is 0.958. The van der Waals surface area contributed by atoms with E-state index in [-0.39, 0.29) is 17.3 Å². The average Bonchev–Trinajstić information content (AvgIpc) is 1.84. The van der Waals surface area contributed by atoms with Gasteiger partial charge in [0.1, 0.15) is 6.07 Å². The van der Waals surface area contributed by atoms with E-state index < -0.39 is 0 Å². The molecule has 0 fully saturated rings. The van der Waals surface area contributed by atoms with Gasteiger partial charge in [-0.15, -0.1) is 0 Å². The first-order valence-corrected chi connectivity index (χ1v) is 2.67. The van der Waals surface area contributed by atoms with Gasteiger partial charge in [-0.25, -0.2) is 0 Å². The maximum absolute atomic E-state index is 8.14. The van der Waals surface area contributed by atoms with Gasteiger partial charge in [0.25, 0.3) is 0 Å². The van der Waals surface area contributed by atoms with Crippen LogP contribution in [0.3, 0.4) is 0 Å². The number of nitrogens with one attached hydrogen (secondary N) is 2. The van der Waals surface area contributed by atoms with Crippen molar-refractivity contribution in [1.29, 1.82) is 16.1 Å². The molecule has 0 aromatic carbocycles. The van der Waals surface area contributed by atoms with Crippen molar-refractivity contribution in [3.05, 3.63) is 0 Å². The van der Waals surface area contributed by atoms with Crippen LogP contribution in [0.2, 0.25) is 0 Å². The molecular weight excluding hydrogens is 114 g/mol. The molecule has 0 atom stereocenters. The van der Waals surface area contributed by atoms with Crippen LogP contribution in [-0.2, 0) is 0 Å². The van der Waals surface area contributed by atoms with Gasteiger partial charge in [0, 0.05) is 0 Å². The fourth-order valence-corrected chi connectivity index (χ4v) is 0.349. The van der Waals surface area contributed by atoms with E-state index in [9.17, 15) is 0 Å². The van der Waals surface area contributed by atoms with Gasteiger partial charge in [0.2, 0.25) is 0 Å². The van der Waals surface area contributed by atoms with E-state index in [4.69, 9.17) is 16.1 Å². The minimum atomic E-state index is -0.231. The van der Waals surface area contributed by atoms with E-state index in [2.05, 4.69) is 0 Å². The summed E-state index contributed by atoms with van der Waals surface area (Å²) < 4.78 is 0. The predicted molar refractivity (Wildman–Crippen MR) is 35.9 cm³/mol. The Morgan fingerprint density at radius 2 is 1.89 bits per heavy atom.